The second-order valence-electron chi connectivity index (χ2n) is 9.82. The lowest BCUT2D eigenvalue weighted by molar-refractivity contribution is 0.117. The lowest BCUT2D eigenvalue weighted by atomic mass is 9.93. The van der Waals surface area contributed by atoms with Crippen LogP contribution in [-0.4, -0.2) is 62.0 Å². The van der Waals surface area contributed by atoms with E-state index < -0.39 is 10.0 Å². The molecule has 204 valence electrons. The molecule has 4 rings (SSSR count). The third kappa shape index (κ3) is 9.70. The van der Waals surface area contributed by atoms with Gasteiger partial charge in [-0.1, -0.05) is 12.1 Å². The van der Waals surface area contributed by atoms with Gasteiger partial charge in [0.25, 0.3) is 0 Å². The first-order valence-corrected chi connectivity index (χ1v) is 14.4. The summed E-state index contributed by atoms with van der Waals surface area (Å²) in [5.41, 5.74) is 1.68. The molecule has 2 fully saturated rings. The highest BCUT2D eigenvalue weighted by molar-refractivity contribution is 7.92. The number of nitrogens with zero attached hydrogens (tertiary/aromatic N) is 1. The smallest absolute Gasteiger partial charge is 0.315 e. The maximum Gasteiger partial charge on any atom is 0.315 e. The maximum absolute atomic E-state index is 12.3. The molecule has 1 aliphatic carbocycles. The largest absolute Gasteiger partial charge is 0.457 e. The zero-order chi connectivity index (χ0) is 25.5. The fraction of sp³-hybridized carbons (Fsp3) is 0.500. The summed E-state index contributed by atoms with van der Waals surface area (Å²) >= 11 is 0. The van der Waals surface area contributed by atoms with E-state index in [0.717, 1.165) is 64.4 Å². The van der Waals surface area contributed by atoms with Crippen molar-refractivity contribution in [1.29, 1.82) is 0 Å². The topological polar surface area (TPSA) is 120 Å². The van der Waals surface area contributed by atoms with Crippen molar-refractivity contribution in [2.24, 2.45) is 0 Å². The van der Waals surface area contributed by atoms with E-state index in [9.17, 15) is 18.3 Å². The molecule has 0 aromatic heterocycles. The number of aliphatic hydroxyl groups is 1. The first-order valence-electron chi connectivity index (χ1n) is 12.5. The van der Waals surface area contributed by atoms with Gasteiger partial charge in [-0.25, -0.2) is 13.2 Å². The normalized spacial score (nSPS) is 20.9. The van der Waals surface area contributed by atoms with Crippen LogP contribution in [-0.2, 0) is 16.6 Å². The number of carbonyl (C=O) groups excluding carboxylic acids is 1. The zero-order valence-corrected chi connectivity index (χ0v) is 22.7. The number of halogens is 1. The number of nitrogens with one attached hydrogen (secondary N) is 3. The van der Waals surface area contributed by atoms with Crippen molar-refractivity contribution in [3.8, 4) is 11.5 Å². The molecular formula is C26H37ClN4O5S. The summed E-state index contributed by atoms with van der Waals surface area (Å²) < 4.78 is 30.9. The third-order valence-electron chi connectivity index (χ3n) is 6.68. The molecule has 2 aliphatic rings. The molecular weight excluding hydrogens is 516 g/mol. The average Bonchev–Trinajstić information content (AvgIpc) is 2.83. The lowest BCUT2D eigenvalue weighted by Crippen LogP contribution is -2.50. The number of benzene rings is 2. The van der Waals surface area contributed by atoms with Crippen LogP contribution in [0.3, 0.4) is 0 Å². The van der Waals surface area contributed by atoms with Gasteiger partial charge in [0.1, 0.15) is 11.5 Å². The number of hydrogen-bond donors (Lipinski definition) is 4. The molecule has 0 unspecified atom stereocenters. The molecule has 0 bridgehead atoms. The SMILES string of the molecule is CS(=O)(=O)Nc1ccc(Oc2ccc(CN3CCC(NC(=O)NC4CCC(O)CC4)CC3)cc2)cc1.Cl. The van der Waals surface area contributed by atoms with Gasteiger partial charge in [-0.2, -0.15) is 0 Å². The summed E-state index contributed by atoms with van der Waals surface area (Å²) in [4.78, 5) is 14.7. The van der Waals surface area contributed by atoms with E-state index in [1.54, 1.807) is 24.3 Å². The fourth-order valence-electron chi connectivity index (χ4n) is 4.73. The molecule has 4 N–H and O–H groups in total. The first-order chi connectivity index (χ1) is 17.2. The number of sulfonamides is 1. The summed E-state index contributed by atoms with van der Waals surface area (Å²) in [6.07, 6.45) is 5.93. The number of amides is 2. The molecule has 1 aliphatic heterocycles. The average molecular weight is 553 g/mol. The Morgan fingerprint density at radius 3 is 1.95 bits per heavy atom. The standard InChI is InChI=1S/C26H36N4O5S.ClH/c1-36(33,34)29-22-6-12-25(13-7-22)35-24-10-2-19(3-11-24)18-30-16-14-21(15-17-30)28-26(32)27-20-4-8-23(31)9-5-20;/h2-3,6-7,10-13,20-21,23,29,31H,4-5,8-9,14-18H2,1H3,(H2,27,28,32);1H. The number of carbonyl (C=O) groups is 1. The van der Waals surface area contributed by atoms with Gasteiger partial charge in [0.05, 0.1) is 12.4 Å². The molecule has 37 heavy (non-hydrogen) atoms. The van der Waals surface area contributed by atoms with E-state index in [0.29, 0.717) is 17.2 Å². The first kappa shape index (κ1) is 29.0. The van der Waals surface area contributed by atoms with E-state index in [-0.39, 0.29) is 36.6 Å². The van der Waals surface area contributed by atoms with Crippen LogP contribution >= 0.6 is 12.4 Å². The number of anilines is 1. The summed E-state index contributed by atoms with van der Waals surface area (Å²) in [5, 5.41) is 15.8. The van der Waals surface area contributed by atoms with Gasteiger partial charge in [-0.15, -0.1) is 12.4 Å². The van der Waals surface area contributed by atoms with Crippen LogP contribution in [0.15, 0.2) is 48.5 Å². The fourth-order valence-corrected chi connectivity index (χ4v) is 5.29. The molecule has 0 atom stereocenters. The summed E-state index contributed by atoms with van der Waals surface area (Å²) in [6, 6.07) is 15.0. The zero-order valence-electron chi connectivity index (χ0n) is 21.1. The number of likely N-dealkylation sites (tertiary alicyclic amines) is 1. The highest BCUT2D eigenvalue weighted by atomic mass is 35.5. The summed E-state index contributed by atoms with van der Waals surface area (Å²) in [6.45, 7) is 2.69. The number of rotatable bonds is 8. The van der Waals surface area contributed by atoms with Gasteiger partial charge in [0.2, 0.25) is 10.0 Å². The summed E-state index contributed by atoms with van der Waals surface area (Å²) in [7, 11) is -3.30. The van der Waals surface area contributed by atoms with Gasteiger partial charge in [0.15, 0.2) is 0 Å². The van der Waals surface area contributed by atoms with Gasteiger partial charge >= 0.3 is 6.03 Å². The van der Waals surface area contributed by atoms with Crippen LogP contribution in [0.1, 0.15) is 44.1 Å². The van der Waals surface area contributed by atoms with Crippen LogP contribution in [0, 0.1) is 0 Å². The Labute approximate surface area is 225 Å². The van der Waals surface area contributed by atoms with Gasteiger partial charge in [0, 0.05) is 37.4 Å². The number of piperidine rings is 1. The number of urea groups is 1. The van der Waals surface area contributed by atoms with E-state index in [2.05, 4.69) is 20.3 Å². The van der Waals surface area contributed by atoms with Gasteiger partial charge in [-0.3, -0.25) is 9.62 Å². The third-order valence-corrected chi connectivity index (χ3v) is 7.28. The molecule has 1 heterocycles. The Hall–Kier alpha value is -2.53. The predicted molar refractivity (Wildman–Crippen MR) is 147 cm³/mol. The van der Waals surface area contributed by atoms with Crippen LogP contribution in [0.5, 0.6) is 11.5 Å². The van der Waals surface area contributed by atoms with E-state index in [1.165, 1.54) is 5.56 Å². The molecule has 2 aromatic carbocycles. The number of ether oxygens (including phenoxy) is 1. The molecule has 11 heteroatoms. The Morgan fingerprint density at radius 1 is 0.892 bits per heavy atom. The lowest BCUT2D eigenvalue weighted by Gasteiger charge is -2.33. The van der Waals surface area contributed by atoms with Crippen LogP contribution < -0.4 is 20.1 Å². The minimum absolute atomic E-state index is 0. The van der Waals surface area contributed by atoms with E-state index in [4.69, 9.17) is 4.74 Å². The van der Waals surface area contributed by atoms with E-state index >= 15 is 0 Å². The van der Waals surface area contributed by atoms with Crippen molar-refractivity contribution >= 4 is 34.1 Å². The Kier molecular flexibility index (Phi) is 10.5. The monoisotopic (exact) mass is 552 g/mol. The van der Waals surface area contributed by atoms with Crippen molar-refractivity contribution in [3.05, 3.63) is 54.1 Å². The molecule has 2 aromatic rings. The quantitative estimate of drug-likeness (QED) is 0.395. The van der Waals surface area contributed by atoms with Crippen LogP contribution in [0.25, 0.3) is 0 Å². The number of aliphatic hydroxyl groups excluding tert-OH is 1. The Bertz CT molecular complexity index is 1100. The van der Waals surface area contributed by atoms with Crippen molar-refractivity contribution in [1.82, 2.24) is 15.5 Å². The van der Waals surface area contributed by atoms with Gasteiger partial charge in [-0.05, 0) is 80.5 Å². The molecule has 0 spiro atoms. The summed E-state index contributed by atoms with van der Waals surface area (Å²) in [5.74, 6) is 1.34. The number of hydrogen-bond acceptors (Lipinski definition) is 6. The van der Waals surface area contributed by atoms with Gasteiger partial charge < -0.3 is 20.5 Å². The Morgan fingerprint density at radius 2 is 1.41 bits per heavy atom. The second-order valence-corrected chi connectivity index (χ2v) is 11.6. The van der Waals surface area contributed by atoms with Crippen LogP contribution in [0.4, 0.5) is 10.5 Å². The van der Waals surface area contributed by atoms with Crippen molar-refractivity contribution in [2.75, 3.05) is 24.1 Å². The molecule has 1 saturated heterocycles. The maximum atomic E-state index is 12.3. The van der Waals surface area contributed by atoms with Crippen molar-refractivity contribution < 1.29 is 23.1 Å². The predicted octanol–water partition coefficient (Wildman–Crippen LogP) is 3.84. The van der Waals surface area contributed by atoms with Crippen molar-refractivity contribution in [2.45, 2.75) is 63.3 Å². The second kappa shape index (κ2) is 13.3. The highest BCUT2D eigenvalue weighted by Crippen LogP contribution is 2.24. The Balaban J connectivity index is 0.00000380. The molecule has 1 saturated carbocycles. The van der Waals surface area contributed by atoms with E-state index in [1.807, 2.05) is 24.3 Å². The van der Waals surface area contributed by atoms with Crippen molar-refractivity contribution in [3.63, 3.8) is 0 Å². The minimum Gasteiger partial charge on any atom is -0.457 e. The minimum atomic E-state index is -3.30. The van der Waals surface area contributed by atoms with Crippen LogP contribution in [0.2, 0.25) is 0 Å². The highest BCUT2D eigenvalue weighted by Gasteiger charge is 2.24. The molecule has 2 amide bonds. The molecule has 9 nitrogen and oxygen atoms in total. The molecule has 0 radical (unpaired) electrons.